The van der Waals surface area contributed by atoms with E-state index in [0.29, 0.717) is 43.6 Å². The van der Waals surface area contributed by atoms with Crippen LogP contribution in [0.1, 0.15) is 55.1 Å². The molecular formula is C29H34N4O4. The van der Waals surface area contributed by atoms with E-state index in [1.165, 1.54) is 10.1 Å². The minimum absolute atomic E-state index is 0.0318. The van der Waals surface area contributed by atoms with E-state index in [0.717, 1.165) is 31.4 Å². The quantitative estimate of drug-likeness (QED) is 0.550. The highest BCUT2D eigenvalue weighted by molar-refractivity contribution is 5.94. The number of para-hydroxylation sites is 3. The summed E-state index contributed by atoms with van der Waals surface area (Å²) in [5.41, 5.74) is 1.49. The van der Waals surface area contributed by atoms with Gasteiger partial charge in [-0.25, -0.2) is 4.98 Å². The van der Waals surface area contributed by atoms with Crippen LogP contribution in [-0.2, 0) is 18.3 Å². The summed E-state index contributed by atoms with van der Waals surface area (Å²) in [4.78, 5) is 45.9. The van der Waals surface area contributed by atoms with Gasteiger partial charge in [0.1, 0.15) is 12.4 Å². The predicted octanol–water partition coefficient (Wildman–Crippen LogP) is 3.47. The van der Waals surface area contributed by atoms with Gasteiger partial charge in [-0.2, -0.15) is 0 Å². The molecule has 0 aliphatic carbocycles. The molecular weight excluding hydrogens is 468 g/mol. The zero-order chi connectivity index (χ0) is 26.0. The first kappa shape index (κ1) is 25.0. The highest BCUT2D eigenvalue weighted by Gasteiger charge is 2.42. The summed E-state index contributed by atoms with van der Waals surface area (Å²) in [6.45, 7) is 3.19. The molecule has 3 heterocycles. The predicted molar refractivity (Wildman–Crippen MR) is 142 cm³/mol. The number of likely N-dealkylation sites (tertiary alicyclic amines) is 1. The number of piperidine rings is 1. The number of rotatable bonds is 1. The summed E-state index contributed by atoms with van der Waals surface area (Å²) >= 11 is 0. The van der Waals surface area contributed by atoms with Crippen LogP contribution in [0.25, 0.3) is 11.0 Å². The van der Waals surface area contributed by atoms with Crippen molar-refractivity contribution in [1.29, 1.82) is 0 Å². The van der Waals surface area contributed by atoms with Gasteiger partial charge in [-0.1, -0.05) is 36.8 Å². The molecule has 0 radical (unpaired) electrons. The van der Waals surface area contributed by atoms with E-state index in [1.807, 2.05) is 43.3 Å². The summed E-state index contributed by atoms with van der Waals surface area (Å²) in [7, 11) is 1.66. The maximum absolute atomic E-state index is 13.5. The lowest BCUT2D eigenvalue weighted by molar-refractivity contribution is -0.135. The number of ether oxygens (including phenoxy) is 1. The maximum Gasteiger partial charge on any atom is 0.282 e. The number of hydrogen-bond acceptors (Lipinski definition) is 5. The SMILES string of the molecule is C[C@H]1COc2ccccc2CCCCC2(CCN(C(=O)c3nc4ccccc4n(C)c3=O)CC2)C(=O)N1. The van der Waals surface area contributed by atoms with Gasteiger partial charge in [-0.15, -0.1) is 0 Å². The summed E-state index contributed by atoms with van der Waals surface area (Å²) in [5, 5.41) is 3.17. The largest absolute Gasteiger partial charge is 0.491 e. The second-order valence-electron chi connectivity index (χ2n) is 10.4. The van der Waals surface area contributed by atoms with Crippen LogP contribution in [0.2, 0.25) is 0 Å². The molecule has 3 aromatic rings. The van der Waals surface area contributed by atoms with Gasteiger partial charge >= 0.3 is 0 Å². The first-order chi connectivity index (χ1) is 17.9. The number of aryl methyl sites for hydroxylation is 2. The molecule has 0 unspecified atom stereocenters. The molecule has 37 heavy (non-hydrogen) atoms. The summed E-state index contributed by atoms with van der Waals surface area (Å²) in [5.74, 6) is 0.552. The van der Waals surface area contributed by atoms with Crippen LogP contribution in [0.5, 0.6) is 5.75 Å². The monoisotopic (exact) mass is 502 g/mol. The number of benzene rings is 2. The van der Waals surface area contributed by atoms with E-state index in [2.05, 4.69) is 16.4 Å². The van der Waals surface area contributed by atoms with Crippen molar-refractivity contribution in [3.8, 4) is 5.75 Å². The molecule has 2 amide bonds. The topological polar surface area (TPSA) is 93.5 Å². The number of carbonyl (C=O) groups excluding carboxylic acids is 2. The van der Waals surface area contributed by atoms with Crippen molar-refractivity contribution < 1.29 is 14.3 Å². The van der Waals surface area contributed by atoms with Gasteiger partial charge in [0, 0.05) is 20.1 Å². The van der Waals surface area contributed by atoms with Crippen LogP contribution in [0.3, 0.4) is 0 Å². The first-order valence-electron chi connectivity index (χ1n) is 13.1. The molecule has 5 rings (SSSR count). The minimum atomic E-state index is -0.536. The molecule has 8 heteroatoms. The third kappa shape index (κ3) is 4.97. The highest BCUT2D eigenvalue weighted by atomic mass is 16.5. The van der Waals surface area contributed by atoms with Crippen molar-refractivity contribution in [3.63, 3.8) is 0 Å². The second-order valence-corrected chi connectivity index (χ2v) is 10.4. The molecule has 1 saturated heterocycles. The molecule has 194 valence electrons. The van der Waals surface area contributed by atoms with Crippen molar-refractivity contribution in [2.75, 3.05) is 19.7 Å². The maximum atomic E-state index is 13.5. The summed E-state index contributed by atoms with van der Waals surface area (Å²) in [6, 6.07) is 15.3. The van der Waals surface area contributed by atoms with E-state index in [4.69, 9.17) is 4.74 Å². The van der Waals surface area contributed by atoms with Gasteiger partial charge in [-0.3, -0.25) is 14.4 Å². The van der Waals surface area contributed by atoms with Crippen LogP contribution in [-0.4, -0.2) is 52.0 Å². The molecule has 0 bridgehead atoms. The Hall–Kier alpha value is -3.68. The lowest BCUT2D eigenvalue weighted by atomic mass is 9.73. The fraction of sp³-hybridized carbons (Fsp3) is 0.448. The molecule has 2 aliphatic rings. The van der Waals surface area contributed by atoms with Crippen LogP contribution >= 0.6 is 0 Å². The van der Waals surface area contributed by atoms with Gasteiger partial charge in [0.2, 0.25) is 5.91 Å². The minimum Gasteiger partial charge on any atom is -0.491 e. The molecule has 1 N–H and O–H groups in total. The number of fused-ring (bicyclic) bond motifs is 2. The average molecular weight is 503 g/mol. The molecule has 1 aromatic heterocycles. The van der Waals surface area contributed by atoms with Gasteiger partial charge < -0.3 is 19.5 Å². The molecule has 0 saturated carbocycles. The van der Waals surface area contributed by atoms with Crippen molar-refractivity contribution in [3.05, 3.63) is 70.1 Å². The van der Waals surface area contributed by atoms with E-state index in [9.17, 15) is 14.4 Å². The zero-order valence-corrected chi connectivity index (χ0v) is 21.5. The van der Waals surface area contributed by atoms with Crippen LogP contribution in [0, 0.1) is 5.41 Å². The Bertz CT molecular complexity index is 1370. The lowest BCUT2D eigenvalue weighted by Crippen LogP contribution is -2.53. The number of carbonyl (C=O) groups is 2. The number of nitrogens with zero attached hydrogens (tertiary/aromatic N) is 3. The van der Waals surface area contributed by atoms with Gasteiger partial charge in [0.25, 0.3) is 11.5 Å². The van der Waals surface area contributed by atoms with Crippen molar-refractivity contribution in [1.82, 2.24) is 19.8 Å². The van der Waals surface area contributed by atoms with E-state index in [1.54, 1.807) is 18.0 Å². The average Bonchev–Trinajstić information content (AvgIpc) is 2.92. The molecule has 2 aliphatic heterocycles. The van der Waals surface area contributed by atoms with Crippen LogP contribution < -0.4 is 15.6 Å². The third-order valence-electron chi connectivity index (χ3n) is 7.86. The van der Waals surface area contributed by atoms with Crippen LogP contribution in [0.15, 0.2) is 53.3 Å². The fourth-order valence-electron chi connectivity index (χ4n) is 5.56. The molecule has 1 spiro atoms. The smallest absolute Gasteiger partial charge is 0.282 e. The Kier molecular flexibility index (Phi) is 7.00. The highest BCUT2D eigenvalue weighted by Crippen LogP contribution is 2.38. The Morgan fingerprint density at radius 2 is 1.76 bits per heavy atom. The number of amides is 2. The van der Waals surface area contributed by atoms with E-state index >= 15 is 0 Å². The Balaban J connectivity index is 1.32. The number of nitrogens with one attached hydrogen (secondary N) is 1. The van der Waals surface area contributed by atoms with Gasteiger partial charge in [0.05, 0.1) is 22.5 Å². The Morgan fingerprint density at radius 3 is 2.57 bits per heavy atom. The lowest BCUT2D eigenvalue weighted by Gasteiger charge is -2.41. The summed E-state index contributed by atoms with van der Waals surface area (Å²) < 4.78 is 7.51. The van der Waals surface area contributed by atoms with Gasteiger partial charge in [-0.05, 0) is 62.8 Å². The Labute approximate surface area is 216 Å². The van der Waals surface area contributed by atoms with E-state index in [-0.39, 0.29) is 23.6 Å². The Morgan fingerprint density at radius 1 is 1.03 bits per heavy atom. The first-order valence-corrected chi connectivity index (χ1v) is 13.1. The normalized spacial score (nSPS) is 20.3. The van der Waals surface area contributed by atoms with Gasteiger partial charge in [0.15, 0.2) is 5.69 Å². The second kappa shape index (κ2) is 10.4. The van der Waals surface area contributed by atoms with Crippen molar-refractivity contribution in [2.45, 2.75) is 51.5 Å². The molecule has 8 nitrogen and oxygen atoms in total. The molecule has 1 fully saturated rings. The van der Waals surface area contributed by atoms with Crippen molar-refractivity contribution in [2.24, 2.45) is 12.5 Å². The summed E-state index contributed by atoms with van der Waals surface area (Å²) in [6.07, 6.45) is 4.67. The standard InChI is InChI=1S/C29H34N4O4/c1-20-19-37-24-13-6-3-9-21(24)10-7-8-14-29(28(36)30-20)15-17-33(18-16-29)27(35)25-26(34)32(2)23-12-5-4-11-22(23)31-25/h3-6,9,11-13,20H,7-8,10,14-19H2,1-2H3,(H,30,36)/t20-/m0/s1. The number of hydrogen-bond donors (Lipinski definition) is 1. The molecule has 2 aromatic carbocycles. The van der Waals surface area contributed by atoms with Crippen molar-refractivity contribution >= 4 is 22.8 Å². The van der Waals surface area contributed by atoms with E-state index < -0.39 is 11.0 Å². The number of aromatic nitrogens is 2. The third-order valence-corrected chi connectivity index (χ3v) is 7.86. The zero-order valence-electron chi connectivity index (χ0n) is 21.5. The molecule has 1 atom stereocenters. The van der Waals surface area contributed by atoms with Crippen LogP contribution in [0.4, 0.5) is 0 Å². The fourth-order valence-corrected chi connectivity index (χ4v) is 5.56.